The summed E-state index contributed by atoms with van der Waals surface area (Å²) in [5.41, 5.74) is 0.770. The van der Waals surface area contributed by atoms with Crippen molar-refractivity contribution in [3.05, 3.63) is 30.1 Å². The van der Waals surface area contributed by atoms with Gasteiger partial charge < -0.3 is 0 Å². The third-order valence-corrected chi connectivity index (χ3v) is 3.93. The minimum atomic E-state index is -3.27. The quantitative estimate of drug-likeness (QED) is 0.783. The van der Waals surface area contributed by atoms with Gasteiger partial charge in [-0.25, -0.2) is 13.1 Å². The Morgan fingerprint density at radius 2 is 2.25 bits per heavy atom. The highest BCUT2D eigenvalue weighted by molar-refractivity contribution is 7.89. The standard InChI is InChI=1S/C10H15ClN2O2S/c1-9(8-11)13-16(14,15)7-5-10-4-2-3-6-12-10/h2-4,6,9,13H,5,7-8H2,1H3. The van der Waals surface area contributed by atoms with Crippen molar-refractivity contribution in [2.45, 2.75) is 19.4 Å². The summed E-state index contributed by atoms with van der Waals surface area (Å²) >= 11 is 5.54. The molecular formula is C10H15ClN2O2S. The van der Waals surface area contributed by atoms with Crippen LogP contribution in [0.2, 0.25) is 0 Å². The van der Waals surface area contributed by atoms with Crippen LogP contribution in [-0.2, 0) is 16.4 Å². The number of nitrogens with one attached hydrogen (secondary N) is 1. The number of hydrogen-bond donors (Lipinski definition) is 1. The highest BCUT2D eigenvalue weighted by Crippen LogP contribution is 1.99. The van der Waals surface area contributed by atoms with Crippen LogP contribution in [0.5, 0.6) is 0 Å². The number of hydrogen-bond acceptors (Lipinski definition) is 3. The number of aromatic nitrogens is 1. The van der Waals surface area contributed by atoms with Crippen LogP contribution in [0.1, 0.15) is 12.6 Å². The van der Waals surface area contributed by atoms with Crippen LogP contribution in [0.25, 0.3) is 0 Å². The Hall–Kier alpha value is -0.650. The van der Waals surface area contributed by atoms with Crippen molar-refractivity contribution in [1.29, 1.82) is 0 Å². The van der Waals surface area contributed by atoms with E-state index in [1.54, 1.807) is 25.3 Å². The summed E-state index contributed by atoms with van der Waals surface area (Å²) in [5.74, 6) is 0.300. The predicted molar refractivity (Wildman–Crippen MR) is 65.0 cm³/mol. The molecule has 1 aromatic rings. The normalized spacial score (nSPS) is 13.6. The average Bonchev–Trinajstić information content (AvgIpc) is 2.27. The first kappa shape index (κ1) is 13.4. The second-order valence-electron chi connectivity index (χ2n) is 3.56. The summed E-state index contributed by atoms with van der Waals surface area (Å²) < 4.78 is 25.6. The van der Waals surface area contributed by atoms with E-state index in [9.17, 15) is 8.42 Å². The van der Waals surface area contributed by atoms with Gasteiger partial charge in [0, 0.05) is 30.2 Å². The molecule has 0 amide bonds. The van der Waals surface area contributed by atoms with E-state index in [2.05, 4.69) is 9.71 Å². The molecule has 1 atom stereocenters. The molecule has 0 radical (unpaired) electrons. The molecule has 0 aliphatic heterocycles. The summed E-state index contributed by atoms with van der Waals surface area (Å²) in [4.78, 5) is 4.06. The van der Waals surface area contributed by atoms with E-state index in [0.29, 0.717) is 6.42 Å². The van der Waals surface area contributed by atoms with E-state index in [1.807, 2.05) is 6.07 Å². The van der Waals surface area contributed by atoms with Gasteiger partial charge in [-0.05, 0) is 19.1 Å². The van der Waals surface area contributed by atoms with Crippen LogP contribution in [0, 0.1) is 0 Å². The van der Waals surface area contributed by atoms with Crippen molar-refractivity contribution in [2.75, 3.05) is 11.6 Å². The molecule has 1 N–H and O–H groups in total. The molecule has 1 aromatic heterocycles. The molecule has 0 saturated carbocycles. The number of aryl methyl sites for hydroxylation is 1. The van der Waals surface area contributed by atoms with Gasteiger partial charge in [0.25, 0.3) is 0 Å². The van der Waals surface area contributed by atoms with Gasteiger partial charge in [-0.3, -0.25) is 4.98 Å². The lowest BCUT2D eigenvalue weighted by molar-refractivity contribution is 0.569. The van der Waals surface area contributed by atoms with Crippen molar-refractivity contribution >= 4 is 21.6 Å². The number of nitrogens with zero attached hydrogens (tertiary/aromatic N) is 1. The largest absolute Gasteiger partial charge is 0.261 e. The molecule has 4 nitrogen and oxygen atoms in total. The van der Waals surface area contributed by atoms with Crippen LogP contribution < -0.4 is 4.72 Å². The maximum absolute atomic E-state index is 11.6. The van der Waals surface area contributed by atoms with Gasteiger partial charge in [0.2, 0.25) is 10.0 Å². The molecule has 0 aromatic carbocycles. The lowest BCUT2D eigenvalue weighted by Crippen LogP contribution is -2.35. The van der Waals surface area contributed by atoms with Crippen LogP contribution in [0.3, 0.4) is 0 Å². The van der Waals surface area contributed by atoms with Gasteiger partial charge in [-0.2, -0.15) is 0 Å². The zero-order valence-corrected chi connectivity index (χ0v) is 10.6. The maximum atomic E-state index is 11.6. The lowest BCUT2D eigenvalue weighted by Gasteiger charge is -2.10. The van der Waals surface area contributed by atoms with Gasteiger partial charge in [0.05, 0.1) is 5.75 Å². The summed E-state index contributed by atoms with van der Waals surface area (Å²) in [7, 11) is -3.27. The van der Waals surface area contributed by atoms with Crippen LogP contribution in [-0.4, -0.2) is 31.1 Å². The van der Waals surface area contributed by atoms with Gasteiger partial charge in [0.15, 0.2) is 0 Å². The molecule has 90 valence electrons. The molecule has 1 heterocycles. The Bertz CT molecular complexity index is 408. The first-order valence-electron chi connectivity index (χ1n) is 4.99. The fourth-order valence-electron chi connectivity index (χ4n) is 1.18. The number of sulfonamides is 1. The van der Waals surface area contributed by atoms with Crippen molar-refractivity contribution in [3.8, 4) is 0 Å². The molecule has 0 spiro atoms. The highest BCUT2D eigenvalue weighted by atomic mass is 35.5. The molecule has 1 rings (SSSR count). The number of halogens is 1. The van der Waals surface area contributed by atoms with E-state index < -0.39 is 10.0 Å². The minimum Gasteiger partial charge on any atom is -0.261 e. The van der Waals surface area contributed by atoms with Crippen LogP contribution >= 0.6 is 11.6 Å². The summed E-state index contributed by atoms with van der Waals surface area (Å²) in [6, 6.07) is 5.20. The van der Waals surface area contributed by atoms with Gasteiger partial charge in [-0.15, -0.1) is 11.6 Å². The topological polar surface area (TPSA) is 59.1 Å². The second-order valence-corrected chi connectivity index (χ2v) is 5.75. The molecule has 0 bridgehead atoms. The third-order valence-electron chi connectivity index (χ3n) is 1.97. The maximum Gasteiger partial charge on any atom is 0.212 e. The lowest BCUT2D eigenvalue weighted by atomic mass is 10.3. The number of rotatable bonds is 6. The van der Waals surface area contributed by atoms with E-state index >= 15 is 0 Å². The Morgan fingerprint density at radius 3 is 2.81 bits per heavy atom. The van der Waals surface area contributed by atoms with E-state index in [-0.39, 0.29) is 17.7 Å². The molecule has 0 fully saturated rings. The molecule has 0 saturated heterocycles. The monoisotopic (exact) mass is 262 g/mol. The van der Waals surface area contributed by atoms with E-state index in [1.165, 1.54) is 0 Å². The van der Waals surface area contributed by atoms with Crippen LogP contribution in [0.15, 0.2) is 24.4 Å². The van der Waals surface area contributed by atoms with Crippen molar-refractivity contribution < 1.29 is 8.42 Å². The van der Waals surface area contributed by atoms with E-state index in [0.717, 1.165) is 5.69 Å². The predicted octanol–water partition coefficient (Wildman–Crippen LogP) is 1.17. The Kier molecular flexibility index (Phi) is 5.18. The average molecular weight is 263 g/mol. The fraction of sp³-hybridized carbons (Fsp3) is 0.500. The van der Waals surface area contributed by atoms with Gasteiger partial charge in [0.1, 0.15) is 0 Å². The van der Waals surface area contributed by atoms with Crippen LogP contribution in [0.4, 0.5) is 0 Å². The summed E-state index contributed by atoms with van der Waals surface area (Å²) in [5, 5.41) is 0. The number of alkyl halides is 1. The summed E-state index contributed by atoms with van der Waals surface area (Å²) in [6.07, 6.45) is 2.06. The molecule has 6 heteroatoms. The first-order valence-corrected chi connectivity index (χ1v) is 7.18. The second kappa shape index (κ2) is 6.18. The summed E-state index contributed by atoms with van der Waals surface area (Å²) in [6.45, 7) is 1.73. The van der Waals surface area contributed by atoms with E-state index in [4.69, 9.17) is 11.6 Å². The SMILES string of the molecule is CC(CCl)NS(=O)(=O)CCc1ccccn1. The molecule has 0 aliphatic rings. The van der Waals surface area contributed by atoms with Crippen molar-refractivity contribution in [3.63, 3.8) is 0 Å². The smallest absolute Gasteiger partial charge is 0.212 e. The minimum absolute atomic E-state index is 0.0330. The van der Waals surface area contributed by atoms with Crippen molar-refractivity contribution in [2.24, 2.45) is 0 Å². The third kappa shape index (κ3) is 4.92. The Labute approximate surface area is 101 Å². The zero-order valence-electron chi connectivity index (χ0n) is 9.06. The first-order chi connectivity index (χ1) is 7.53. The zero-order chi connectivity index (χ0) is 12.0. The highest BCUT2D eigenvalue weighted by Gasteiger charge is 2.13. The molecule has 0 aliphatic carbocycles. The number of pyridine rings is 1. The Balaban J connectivity index is 2.49. The van der Waals surface area contributed by atoms with Gasteiger partial charge >= 0.3 is 0 Å². The molecular weight excluding hydrogens is 248 g/mol. The molecule has 1 unspecified atom stereocenters. The fourth-order valence-corrected chi connectivity index (χ4v) is 2.64. The molecule has 16 heavy (non-hydrogen) atoms. The Morgan fingerprint density at radius 1 is 1.50 bits per heavy atom. The van der Waals surface area contributed by atoms with Crippen molar-refractivity contribution in [1.82, 2.24) is 9.71 Å². The van der Waals surface area contributed by atoms with Gasteiger partial charge in [-0.1, -0.05) is 6.07 Å².